The first kappa shape index (κ1) is 26.3. The van der Waals surface area contributed by atoms with Gasteiger partial charge in [-0.25, -0.2) is 4.98 Å². The van der Waals surface area contributed by atoms with E-state index < -0.39 is 10.7 Å². The second kappa shape index (κ2) is 11.0. The first-order chi connectivity index (χ1) is 16.5. The molecule has 1 amide bonds. The van der Waals surface area contributed by atoms with Gasteiger partial charge in [-0.15, -0.1) is 11.8 Å². The molecule has 0 radical (unpaired) electrons. The fourth-order valence-electron chi connectivity index (χ4n) is 3.74. The van der Waals surface area contributed by atoms with Gasteiger partial charge in [-0.05, 0) is 70.0 Å². The van der Waals surface area contributed by atoms with E-state index in [2.05, 4.69) is 16.8 Å². The van der Waals surface area contributed by atoms with Crippen LogP contribution in [0.4, 0.5) is 5.69 Å². The number of thioether (sulfide) groups is 1. The number of phenols is 1. The third-order valence-electron chi connectivity index (χ3n) is 5.88. The number of hydrogen-bond donors (Lipinski definition) is 3. The lowest BCUT2D eigenvalue weighted by Gasteiger charge is -2.18. The number of carboxylic acids is 1. The molecular weight excluding hydrogens is 462 g/mol. The molecule has 7 nitrogen and oxygen atoms in total. The van der Waals surface area contributed by atoms with Crippen molar-refractivity contribution in [2.45, 2.75) is 70.1 Å². The third kappa shape index (κ3) is 6.25. The van der Waals surface area contributed by atoms with Crippen molar-refractivity contribution in [1.29, 1.82) is 0 Å². The SMILES string of the molecule is CCCCCn1c(-c2ccc(SC(C)(C)C(=O)O)cc2)nc(C(=O)Nc2ccc(O)cc2C)c1C. The first-order valence-electron chi connectivity index (χ1n) is 11.7. The standard InChI is InChI=1S/C27H33N3O4S/c1-6-7-8-15-30-18(3)23(25(32)28-22-14-11-20(31)16-17(22)2)29-24(30)19-9-12-21(13-10-19)35-27(4,5)26(33)34/h9-14,16,31H,6-8,15H2,1-5H3,(H,28,32)(H,33,34). The van der Waals surface area contributed by atoms with Crippen molar-refractivity contribution in [3.63, 3.8) is 0 Å². The second-order valence-corrected chi connectivity index (χ2v) is 10.8. The van der Waals surface area contributed by atoms with Crippen LogP contribution in [0, 0.1) is 13.8 Å². The Morgan fingerprint density at radius 2 is 1.77 bits per heavy atom. The zero-order valence-electron chi connectivity index (χ0n) is 20.9. The zero-order chi connectivity index (χ0) is 25.8. The average Bonchev–Trinajstić information content (AvgIpc) is 3.12. The molecule has 0 fully saturated rings. The highest BCUT2D eigenvalue weighted by Crippen LogP contribution is 2.34. The number of phenolic OH excluding ortho intramolecular Hbond substituents is 1. The largest absolute Gasteiger partial charge is 0.508 e. The molecule has 8 heteroatoms. The van der Waals surface area contributed by atoms with Crippen LogP contribution in [0.25, 0.3) is 11.4 Å². The number of aliphatic carboxylic acids is 1. The lowest BCUT2D eigenvalue weighted by atomic mass is 10.2. The number of imidazole rings is 1. The maximum Gasteiger partial charge on any atom is 0.319 e. The Kier molecular flexibility index (Phi) is 8.27. The maximum absolute atomic E-state index is 13.2. The molecule has 0 saturated carbocycles. The quantitative estimate of drug-likeness (QED) is 0.174. The Labute approximate surface area is 210 Å². The topological polar surface area (TPSA) is 104 Å². The average molecular weight is 496 g/mol. The van der Waals surface area contributed by atoms with Crippen molar-refractivity contribution < 1.29 is 19.8 Å². The summed E-state index contributed by atoms with van der Waals surface area (Å²) in [5, 5.41) is 22.0. The van der Waals surface area contributed by atoms with E-state index in [0.717, 1.165) is 47.5 Å². The molecule has 0 aliphatic carbocycles. The fraction of sp³-hybridized carbons (Fsp3) is 0.370. The van der Waals surface area contributed by atoms with Crippen LogP contribution < -0.4 is 5.32 Å². The Hall–Kier alpha value is -3.26. The number of carbonyl (C=O) groups excluding carboxylic acids is 1. The molecule has 186 valence electrons. The van der Waals surface area contributed by atoms with Gasteiger partial charge in [0.1, 0.15) is 22.0 Å². The van der Waals surface area contributed by atoms with Crippen molar-refractivity contribution in [1.82, 2.24) is 9.55 Å². The number of aryl methyl sites for hydroxylation is 1. The number of nitrogens with one attached hydrogen (secondary N) is 1. The van der Waals surface area contributed by atoms with E-state index in [1.165, 1.54) is 17.8 Å². The van der Waals surface area contributed by atoms with Gasteiger partial charge in [0.05, 0.1) is 0 Å². The van der Waals surface area contributed by atoms with Crippen LogP contribution in [0.3, 0.4) is 0 Å². The summed E-state index contributed by atoms with van der Waals surface area (Å²) in [4.78, 5) is 30.2. The van der Waals surface area contributed by atoms with E-state index in [1.54, 1.807) is 26.0 Å². The van der Waals surface area contributed by atoms with E-state index in [0.29, 0.717) is 17.2 Å². The van der Waals surface area contributed by atoms with Crippen molar-refractivity contribution in [2.24, 2.45) is 0 Å². The maximum atomic E-state index is 13.2. The van der Waals surface area contributed by atoms with Gasteiger partial charge in [-0.3, -0.25) is 9.59 Å². The van der Waals surface area contributed by atoms with Gasteiger partial charge in [0.2, 0.25) is 0 Å². The number of benzene rings is 2. The lowest BCUT2D eigenvalue weighted by Crippen LogP contribution is -2.26. The second-order valence-electron chi connectivity index (χ2n) is 9.12. The van der Waals surface area contributed by atoms with Gasteiger partial charge >= 0.3 is 5.97 Å². The molecule has 0 aliphatic heterocycles. The first-order valence-corrected chi connectivity index (χ1v) is 12.6. The molecule has 3 aromatic rings. The summed E-state index contributed by atoms with van der Waals surface area (Å²) in [6.45, 7) is 9.98. The Morgan fingerprint density at radius 3 is 2.37 bits per heavy atom. The molecule has 1 heterocycles. The minimum absolute atomic E-state index is 0.146. The van der Waals surface area contributed by atoms with Crippen molar-refractivity contribution in [3.05, 3.63) is 59.4 Å². The zero-order valence-corrected chi connectivity index (χ0v) is 21.7. The van der Waals surface area contributed by atoms with Crippen molar-refractivity contribution >= 4 is 29.3 Å². The van der Waals surface area contributed by atoms with Gasteiger partial charge in [-0.2, -0.15) is 0 Å². The number of carboxylic acid groups (broad SMARTS) is 1. The lowest BCUT2D eigenvalue weighted by molar-refractivity contribution is -0.138. The van der Waals surface area contributed by atoms with Gasteiger partial charge < -0.3 is 20.1 Å². The fourth-order valence-corrected chi connectivity index (χ4v) is 4.69. The van der Waals surface area contributed by atoms with E-state index in [-0.39, 0.29) is 11.7 Å². The molecule has 0 saturated heterocycles. The van der Waals surface area contributed by atoms with Gasteiger partial charge in [0.15, 0.2) is 0 Å². The van der Waals surface area contributed by atoms with Gasteiger partial charge in [0.25, 0.3) is 5.91 Å². The summed E-state index contributed by atoms with van der Waals surface area (Å²) in [7, 11) is 0. The molecule has 35 heavy (non-hydrogen) atoms. The number of nitrogens with zero attached hydrogens (tertiary/aromatic N) is 2. The van der Waals surface area contributed by atoms with Crippen LogP contribution in [0.2, 0.25) is 0 Å². The highest BCUT2D eigenvalue weighted by atomic mass is 32.2. The summed E-state index contributed by atoms with van der Waals surface area (Å²) in [6.07, 6.45) is 3.13. The number of amides is 1. The van der Waals surface area contributed by atoms with Crippen LogP contribution in [0.5, 0.6) is 5.75 Å². The number of rotatable bonds is 10. The molecule has 0 atom stereocenters. The molecule has 1 aromatic heterocycles. The van der Waals surface area contributed by atoms with Gasteiger partial charge in [-0.1, -0.05) is 31.9 Å². The summed E-state index contributed by atoms with van der Waals surface area (Å²) in [6, 6.07) is 12.4. The molecule has 3 rings (SSSR count). The monoisotopic (exact) mass is 495 g/mol. The summed E-state index contributed by atoms with van der Waals surface area (Å²) >= 11 is 1.29. The number of anilines is 1. The third-order valence-corrected chi connectivity index (χ3v) is 7.07. The molecule has 2 aromatic carbocycles. The van der Waals surface area contributed by atoms with Crippen LogP contribution in [-0.2, 0) is 11.3 Å². The number of unbranched alkanes of at least 4 members (excludes halogenated alkanes) is 2. The highest BCUT2D eigenvalue weighted by Gasteiger charge is 2.28. The number of hydrogen-bond acceptors (Lipinski definition) is 5. The minimum Gasteiger partial charge on any atom is -0.508 e. The smallest absolute Gasteiger partial charge is 0.319 e. The van der Waals surface area contributed by atoms with E-state index >= 15 is 0 Å². The molecule has 3 N–H and O–H groups in total. The van der Waals surface area contributed by atoms with E-state index in [4.69, 9.17) is 4.98 Å². The number of aromatic nitrogens is 2. The summed E-state index contributed by atoms with van der Waals surface area (Å²) < 4.78 is 1.14. The summed E-state index contributed by atoms with van der Waals surface area (Å²) in [5.41, 5.74) is 3.39. The minimum atomic E-state index is -0.936. The Morgan fingerprint density at radius 1 is 1.09 bits per heavy atom. The Bertz CT molecular complexity index is 1220. The Balaban J connectivity index is 1.93. The van der Waals surface area contributed by atoms with Crippen LogP contribution in [-0.4, -0.2) is 36.4 Å². The molecule has 0 spiro atoms. The van der Waals surface area contributed by atoms with E-state index in [9.17, 15) is 19.8 Å². The predicted octanol–water partition coefficient (Wildman–Crippen LogP) is 6.27. The predicted molar refractivity (Wildman–Crippen MR) is 140 cm³/mol. The van der Waals surface area contributed by atoms with Crippen molar-refractivity contribution in [2.75, 3.05) is 5.32 Å². The highest BCUT2D eigenvalue weighted by molar-refractivity contribution is 8.01. The molecular formula is C27H33N3O4S. The van der Waals surface area contributed by atoms with Gasteiger partial charge in [0, 0.05) is 28.4 Å². The van der Waals surface area contributed by atoms with Crippen LogP contribution in [0.15, 0.2) is 47.4 Å². The molecule has 0 unspecified atom stereocenters. The van der Waals surface area contributed by atoms with Crippen LogP contribution >= 0.6 is 11.8 Å². The van der Waals surface area contributed by atoms with Crippen molar-refractivity contribution in [3.8, 4) is 17.1 Å². The van der Waals surface area contributed by atoms with E-state index in [1.807, 2.05) is 38.1 Å². The normalized spacial score (nSPS) is 11.5. The molecule has 0 bridgehead atoms. The van der Waals surface area contributed by atoms with Crippen LogP contribution in [0.1, 0.15) is 61.8 Å². The number of carbonyl (C=O) groups is 2. The molecule has 0 aliphatic rings. The number of aromatic hydroxyl groups is 1. The summed E-state index contributed by atoms with van der Waals surface area (Å²) in [5.74, 6) is -0.317.